The van der Waals surface area contributed by atoms with Crippen molar-refractivity contribution in [3.63, 3.8) is 0 Å². The number of carboxylic acid groups (broad SMARTS) is 1. The molecule has 0 unspecified atom stereocenters. The van der Waals surface area contributed by atoms with Crippen molar-refractivity contribution in [1.82, 2.24) is 19.9 Å². The van der Waals surface area contributed by atoms with Crippen molar-refractivity contribution in [1.29, 1.82) is 0 Å². The summed E-state index contributed by atoms with van der Waals surface area (Å²) in [6.45, 7) is 8.34. The second-order valence-electron chi connectivity index (χ2n) is 6.81. The summed E-state index contributed by atoms with van der Waals surface area (Å²) < 4.78 is 5.22. The molecule has 0 spiro atoms. The van der Waals surface area contributed by atoms with Gasteiger partial charge < -0.3 is 9.52 Å². The summed E-state index contributed by atoms with van der Waals surface area (Å²) in [6, 6.07) is 0. The zero-order valence-corrected chi connectivity index (χ0v) is 13.5. The minimum Gasteiger partial charge on any atom is -0.476 e. The summed E-state index contributed by atoms with van der Waals surface area (Å²) >= 11 is 0. The van der Waals surface area contributed by atoms with Crippen LogP contribution in [0.2, 0.25) is 0 Å². The van der Waals surface area contributed by atoms with Crippen LogP contribution in [0.5, 0.6) is 0 Å². The van der Waals surface area contributed by atoms with Crippen molar-refractivity contribution >= 4 is 5.97 Å². The molecule has 0 aliphatic carbocycles. The molecule has 122 valence electrons. The summed E-state index contributed by atoms with van der Waals surface area (Å²) in [4.78, 5) is 26.1. The quantitative estimate of drug-likeness (QED) is 0.926. The summed E-state index contributed by atoms with van der Waals surface area (Å²) in [5, 5.41) is 8.87. The van der Waals surface area contributed by atoms with Crippen LogP contribution in [0.4, 0.5) is 0 Å². The van der Waals surface area contributed by atoms with Crippen molar-refractivity contribution in [3.05, 3.63) is 41.1 Å². The highest BCUT2D eigenvalue weighted by Gasteiger charge is 2.23. The van der Waals surface area contributed by atoms with Crippen LogP contribution < -0.4 is 0 Å². The molecule has 7 heteroatoms. The fraction of sp³-hybridized carbons (Fsp3) is 0.500. The molecular formula is C16H20N4O3. The summed E-state index contributed by atoms with van der Waals surface area (Å²) in [5.74, 6) is 0.202. The normalized spacial score (nSPS) is 15.4. The van der Waals surface area contributed by atoms with Crippen molar-refractivity contribution in [2.24, 2.45) is 0 Å². The van der Waals surface area contributed by atoms with Gasteiger partial charge >= 0.3 is 5.97 Å². The molecule has 0 aromatic carbocycles. The second-order valence-corrected chi connectivity index (χ2v) is 6.81. The number of fused-ring (bicyclic) bond motifs is 1. The third kappa shape index (κ3) is 3.39. The number of hydrogen-bond acceptors (Lipinski definition) is 6. The Kier molecular flexibility index (Phi) is 3.89. The fourth-order valence-corrected chi connectivity index (χ4v) is 2.54. The molecule has 7 nitrogen and oxygen atoms in total. The van der Waals surface area contributed by atoms with Gasteiger partial charge in [-0.05, 0) is 0 Å². The highest BCUT2D eigenvalue weighted by molar-refractivity contribution is 5.84. The van der Waals surface area contributed by atoms with Gasteiger partial charge in [-0.3, -0.25) is 4.90 Å². The van der Waals surface area contributed by atoms with E-state index in [1.807, 2.05) is 6.20 Å². The molecule has 0 amide bonds. The number of carboxylic acids is 1. The van der Waals surface area contributed by atoms with Crippen LogP contribution in [0, 0.1) is 0 Å². The molecule has 0 saturated heterocycles. The lowest BCUT2D eigenvalue weighted by Crippen LogP contribution is -2.32. The fourth-order valence-electron chi connectivity index (χ4n) is 2.54. The summed E-state index contributed by atoms with van der Waals surface area (Å²) in [5.41, 5.74) is 2.09. The van der Waals surface area contributed by atoms with Gasteiger partial charge in [0.15, 0.2) is 5.69 Å². The standard InChI is InChI=1S/C16H20N4O3/c1-16(2,3)15-17-6-10-7-20(5-4-11(10)19-15)8-13-18-12(9-23-13)14(21)22/h6,9H,4-5,7-8H2,1-3H3,(H,21,22). The minimum absolute atomic E-state index is 0.0580. The van der Waals surface area contributed by atoms with Crippen LogP contribution in [-0.4, -0.2) is 37.5 Å². The molecule has 2 aromatic rings. The summed E-state index contributed by atoms with van der Waals surface area (Å²) in [7, 11) is 0. The van der Waals surface area contributed by atoms with Crippen LogP contribution in [-0.2, 0) is 24.9 Å². The maximum absolute atomic E-state index is 10.8. The van der Waals surface area contributed by atoms with Gasteiger partial charge in [0.25, 0.3) is 0 Å². The largest absolute Gasteiger partial charge is 0.476 e. The van der Waals surface area contributed by atoms with E-state index in [-0.39, 0.29) is 11.1 Å². The van der Waals surface area contributed by atoms with Gasteiger partial charge in [-0.25, -0.2) is 19.7 Å². The maximum Gasteiger partial charge on any atom is 0.357 e. The topological polar surface area (TPSA) is 92.4 Å². The molecular weight excluding hydrogens is 296 g/mol. The average Bonchev–Trinajstić information content (AvgIpc) is 2.94. The van der Waals surface area contributed by atoms with Gasteiger partial charge in [0.1, 0.15) is 12.1 Å². The number of aromatic carboxylic acids is 1. The minimum atomic E-state index is -1.08. The number of hydrogen-bond donors (Lipinski definition) is 1. The first-order chi connectivity index (χ1) is 10.8. The molecule has 23 heavy (non-hydrogen) atoms. The Morgan fingerprint density at radius 1 is 1.39 bits per heavy atom. The van der Waals surface area contributed by atoms with E-state index >= 15 is 0 Å². The van der Waals surface area contributed by atoms with Gasteiger partial charge in [0.2, 0.25) is 5.89 Å². The lowest BCUT2D eigenvalue weighted by molar-refractivity contribution is 0.0690. The van der Waals surface area contributed by atoms with E-state index in [0.717, 1.165) is 30.0 Å². The van der Waals surface area contributed by atoms with Crippen molar-refractivity contribution in [2.45, 2.75) is 45.7 Å². The van der Waals surface area contributed by atoms with E-state index in [1.165, 1.54) is 6.26 Å². The number of oxazole rings is 1. The first kappa shape index (κ1) is 15.6. The predicted molar refractivity (Wildman–Crippen MR) is 82.0 cm³/mol. The highest BCUT2D eigenvalue weighted by Crippen LogP contribution is 2.23. The molecule has 1 N–H and O–H groups in total. The molecule has 1 aliphatic rings. The highest BCUT2D eigenvalue weighted by atomic mass is 16.4. The molecule has 0 saturated carbocycles. The Hall–Kier alpha value is -2.28. The first-order valence-electron chi connectivity index (χ1n) is 7.58. The second kappa shape index (κ2) is 5.73. The Balaban J connectivity index is 1.71. The average molecular weight is 316 g/mol. The smallest absolute Gasteiger partial charge is 0.357 e. The van der Waals surface area contributed by atoms with Gasteiger partial charge in [0.05, 0.1) is 6.54 Å². The van der Waals surface area contributed by atoms with Crippen LogP contribution in [0.1, 0.15) is 54.2 Å². The first-order valence-corrected chi connectivity index (χ1v) is 7.58. The van der Waals surface area contributed by atoms with E-state index in [4.69, 9.17) is 14.5 Å². The van der Waals surface area contributed by atoms with Crippen molar-refractivity contribution in [2.75, 3.05) is 6.54 Å². The zero-order chi connectivity index (χ0) is 16.6. The van der Waals surface area contributed by atoms with Gasteiger partial charge in [-0.15, -0.1) is 0 Å². The Morgan fingerprint density at radius 3 is 2.83 bits per heavy atom. The van der Waals surface area contributed by atoms with E-state index in [9.17, 15) is 4.79 Å². The van der Waals surface area contributed by atoms with Crippen LogP contribution in [0.25, 0.3) is 0 Å². The molecule has 1 aliphatic heterocycles. The number of nitrogens with zero attached hydrogens (tertiary/aromatic N) is 4. The molecule has 3 heterocycles. The van der Waals surface area contributed by atoms with E-state index in [2.05, 4.69) is 35.6 Å². The maximum atomic E-state index is 10.8. The lowest BCUT2D eigenvalue weighted by atomic mass is 9.95. The van der Waals surface area contributed by atoms with E-state index in [1.54, 1.807) is 0 Å². The SMILES string of the molecule is CC(C)(C)c1ncc2c(n1)CCN(Cc1nc(C(=O)O)co1)C2. The Bertz CT molecular complexity index is 733. The number of aromatic nitrogens is 3. The predicted octanol–water partition coefficient (Wildman–Crippen LogP) is 2.02. The number of rotatable bonds is 3. The van der Waals surface area contributed by atoms with E-state index < -0.39 is 5.97 Å². The monoisotopic (exact) mass is 316 g/mol. The molecule has 0 fully saturated rings. The Morgan fingerprint density at radius 2 is 2.17 bits per heavy atom. The third-order valence-corrected chi connectivity index (χ3v) is 3.81. The van der Waals surface area contributed by atoms with Crippen LogP contribution in [0.15, 0.2) is 16.9 Å². The van der Waals surface area contributed by atoms with E-state index in [0.29, 0.717) is 19.0 Å². The third-order valence-electron chi connectivity index (χ3n) is 3.81. The molecule has 2 aromatic heterocycles. The number of carbonyl (C=O) groups is 1. The van der Waals surface area contributed by atoms with Gasteiger partial charge in [0, 0.05) is 42.4 Å². The lowest BCUT2D eigenvalue weighted by Gasteiger charge is -2.28. The van der Waals surface area contributed by atoms with Crippen LogP contribution >= 0.6 is 0 Å². The molecule has 3 rings (SSSR count). The molecule has 0 bridgehead atoms. The zero-order valence-electron chi connectivity index (χ0n) is 13.5. The summed E-state index contributed by atoms with van der Waals surface area (Å²) in [6.07, 6.45) is 3.91. The van der Waals surface area contributed by atoms with Crippen LogP contribution in [0.3, 0.4) is 0 Å². The molecule has 0 atom stereocenters. The Labute approximate surface area is 134 Å². The van der Waals surface area contributed by atoms with Crippen molar-refractivity contribution in [3.8, 4) is 0 Å². The van der Waals surface area contributed by atoms with Crippen molar-refractivity contribution < 1.29 is 14.3 Å². The molecule has 0 radical (unpaired) electrons. The van der Waals surface area contributed by atoms with Gasteiger partial charge in [-0.2, -0.15) is 0 Å². The van der Waals surface area contributed by atoms with Gasteiger partial charge in [-0.1, -0.05) is 20.8 Å².